The molecule has 3 aliphatic rings. The Morgan fingerprint density at radius 3 is 2.81 bits per heavy atom. The second-order valence-corrected chi connectivity index (χ2v) is 8.31. The number of fused-ring (bicyclic) bond motifs is 1. The van der Waals surface area contributed by atoms with Crippen molar-refractivity contribution in [3.63, 3.8) is 0 Å². The molecular weight excluding hydrogens is 344 g/mol. The van der Waals surface area contributed by atoms with Crippen LogP contribution in [0.4, 0.5) is 0 Å². The molecule has 0 radical (unpaired) electrons. The van der Waals surface area contributed by atoms with Gasteiger partial charge < -0.3 is 18.9 Å². The second kappa shape index (κ2) is 6.87. The van der Waals surface area contributed by atoms with Crippen molar-refractivity contribution in [3.8, 4) is 5.75 Å². The van der Waals surface area contributed by atoms with Crippen LogP contribution in [0.25, 0.3) is 0 Å². The van der Waals surface area contributed by atoms with Crippen LogP contribution in [0.5, 0.6) is 5.75 Å². The van der Waals surface area contributed by atoms with Crippen molar-refractivity contribution < 1.29 is 23.7 Å². The maximum atomic E-state index is 13.3. The number of hydrogen-bond donors (Lipinski definition) is 0. The Kier molecular flexibility index (Phi) is 4.81. The number of Topliss-reactive ketones (excluding diaryl/α,β-unsaturated/α-hetero) is 1. The molecule has 1 aromatic rings. The van der Waals surface area contributed by atoms with Crippen molar-refractivity contribution in [2.45, 2.75) is 63.6 Å². The highest BCUT2D eigenvalue weighted by Crippen LogP contribution is 2.61. The van der Waals surface area contributed by atoms with Crippen LogP contribution in [0.15, 0.2) is 12.1 Å². The molecule has 27 heavy (non-hydrogen) atoms. The molecule has 0 aromatic heterocycles. The summed E-state index contributed by atoms with van der Waals surface area (Å²) in [4.78, 5) is 13.3. The maximum Gasteiger partial charge on any atom is 0.175 e. The smallest absolute Gasteiger partial charge is 0.175 e. The zero-order chi connectivity index (χ0) is 19.2. The Balaban J connectivity index is 1.80. The van der Waals surface area contributed by atoms with Crippen LogP contribution in [0, 0.1) is 5.92 Å². The zero-order valence-corrected chi connectivity index (χ0v) is 16.8. The van der Waals surface area contributed by atoms with E-state index in [0.717, 1.165) is 41.7 Å². The third-order valence-corrected chi connectivity index (χ3v) is 6.73. The van der Waals surface area contributed by atoms with E-state index in [1.54, 1.807) is 7.11 Å². The van der Waals surface area contributed by atoms with E-state index in [9.17, 15) is 4.79 Å². The van der Waals surface area contributed by atoms with E-state index in [1.807, 2.05) is 6.92 Å². The van der Waals surface area contributed by atoms with Crippen molar-refractivity contribution in [2.75, 3.05) is 27.1 Å². The minimum absolute atomic E-state index is 0.0359. The van der Waals surface area contributed by atoms with Gasteiger partial charge in [0.2, 0.25) is 0 Å². The van der Waals surface area contributed by atoms with Gasteiger partial charge in [-0.1, -0.05) is 26.0 Å². The monoisotopic (exact) mass is 374 g/mol. The molecule has 1 heterocycles. The first-order valence-electron chi connectivity index (χ1n) is 10.1. The summed E-state index contributed by atoms with van der Waals surface area (Å²) in [6, 6.07) is 4.27. The molecule has 2 fully saturated rings. The van der Waals surface area contributed by atoms with Crippen molar-refractivity contribution in [2.24, 2.45) is 5.92 Å². The van der Waals surface area contributed by atoms with Gasteiger partial charge in [-0.05, 0) is 36.8 Å². The van der Waals surface area contributed by atoms with Gasteiger partial charge in [-0.15, -0.1) is 0 Å². The summed E-state index contributed by atoms with van der Waals surface area (Å²) in [5, 5.41) is 0. The molecular formula is C22H30O5. The van der Waals surface area contributed by atoms with Gasteiger partial charge in [0.05, 0.1) is 19.3 Å². The van der Waals surface area contributed by atoms with E-state index in [2.05, 4.69) is 26.0 Å². The Morgan fingerprint density at radius 1 is 1.30 bits per heavy atom. The van der Waals surface area contributed by atoms with Crippen molar-refractivity contribution in [3.05, 3.63) is 28.8 Å². The summed E-state index contributed by atoms with van der Waals surface area (Å²) in [6.45, 7) is 7.60. The van der Waals surface area contributed by atoms with E-state index in [0.29, 0.717) is 25.6 Å². The summed E-state index contributed by atoms with van der Waals surface area (Å²) in [5.41, 5.74) is 2.78. The Labute approximate surface area is 161 Å². The van der Waals surface area contributed by atoms with Gasteiger partial charge in [-0.2, -0.15) is 0 Å². The molecule has 1 aromatic carbocycles. The van der Waals surface area contributed by atoms with Crippen LogP contribution >= 0.6 is 0 Å². The van der Waals surface area contributed by atoms with Crippen LogP contribution in [0.3, 0.4) is 0 Å². The second-order valence-electron chi connectivity index (χ2n) is 8.31. The number of hydrogen-bond acceptors (Lipinski definition) is 5. The summed E-state index contributed by atoms with van der Waals surface area (Å²) in [7, 11) is 1.67. The lowest BCUT2D eigenvalue weighted by molar-refractivity contribution is -0.275. The van der Waals surface area contributed by atoms with Gasteiger partial charge in [0.25, 0.3) is 0 Å². The third-order valence-electron chi connectivity index (χ3n) is 6.73. The van der Waals surface area contributed by atoms with Crippen LogP contribution in [0.2, 0.25) is 0 Å². The van der Waals surface area contributed by atoms with E-state index in [1.165, 1.54) is 0 Å². The first kappa shape index (κ1) is 18.9. The number of carbonyl (C=O) groups is 1. The average Bonchev–Trinajstić information content (AvgIpc) is 2.84. The molecule has 0 N–H and O–H groups in total. The standard InChI is InChI=1S/C22H30O5/c1-5-25-13-27-22-10-6-9-21(12-26-22)16-8-7-15(14(2)3)20(24-4)19(16)17(23)11-18(21)22/h7-8,14,18H,5-6,9-13H2,1-4H3/t18-,21+,22+/m1/s1. The van der Waals surface area contributed by atoms with Crippen molar-refractivity contribution in [1.29, 1.82) is 0 Å². The Bertz CT molecular complexity index is 742. The minimum Gasteiger partial charge on any atom is -0.496 e. The van der Waals surface area contributed by atoms with Crippen LogP contribution in [0.1, 0.15) is 73.9 Å². The van der Waals surface area contributed by atoms with Gasteiger partial charge in [0.15, 0.2) is 11.6 Å². The van der Waals surface area contributed by atoms with Gasteiger partial charge in [-0.3, -0.25) is 4.79 Å². The normalized spacial score (nSPS) is 31.7. The molecule has 2 aliphatic carbocycles. The average molecular weight is 374 g/mol. The predicted molar refractivity (Wildman–Crippen MR) is 101 cm³/mol. The maximum absolute atomic E-state index is 13.3. The van der Waals surface area contributed by atoms with Crippen LogP contribution < -0.4 is 4.74 Å². The van der Waals surface area contributed by atoms with Crippen LogP contribution in [-0.4, -0.2) is 38.7 Å². The molecule has 0 unspecified atom stereocenters. The largest absolute Gasteiger partial charge is 0.496 e. The molecule has 1 aliphatic heterocycles. The Morgan fingerprint density at radius 2 is 2.11 bits per heavy atom. The lowest BCUT2D eigenvalue weighted by Gasteiger charge is -2.48. The minimum atomic E-state index is -0.704. The van der Waals surface area contributed by atoms with Crippen molar-refractivity contribution >= 4 is 5.78 Å². The first-order chi connectivity index (χ1) is 13.0. The number of benzene rings is 1. The number of ketones is 1. The molecule has 1 saturated heterocycles. The summed E-state index contributed by atoms with van der Waals surface area (Å²) >= 11 is 0. The molecule has 5 heteroatoms. The summed E-state index contributed by atoms with van der Waals surface area (Å²) in [6.07, 6.45) is 3.29. The lowest BCUT2D eigenvalue weighted by atomic mass is 9.56. The fourth-order valence-corrected chi connectivity index (χ4v) is 5.46. The molecule has 5 nitrogen and oxygen atoms in total. The highest BCUT2D eigenvalue weighted by atomic mass is 16.8. The predicted octanol–water partition coefficient (Wildman–Crippen LogP) is 4.18. The number of methoxy groups -OCH3 is 1. The molecule has 0 amide bonds. The number of rotatable bonds is 6. The van der Waals surface area contributed by atoms with Gasteiger partial charge >= 0.3 is 0 Å². The molecule has 0 spiro atoms. The number of ether oxygens (including phenoxy) is 4. The molecule has 1 saturated carbocycles. The third kappa shape index (κ3) is 2.66. The van der Waals surface area contributed by atoms with Gasteiger partial charge in [0.1, 0.15) is 12.5 Å². The molecule has 148 valence electrons. The fraction of sp³-hybridized carbons (Fsp3) is 0.682. The van der Waals surface area contributed by atoms with E-state index in [4.69, 9.17) is 18.9 Å². The lowest BCUT2D eigenvalue weighted by Crippen LogP contribution is -2.52. The SMILES string of the molecule is CCOCO[C@]12CCC[C@]3(CO1)c1ccc(C(C)C)c(OC)c1C(=O)C[C@@H]23. The van der Waals surface area contributed by atoms with E-state index in [-0.39, 0.29) is 23.9 Å². The highest BCUT2D eigenvalue weighted by molar-refractivity contribution is 6.02. The Hall–Kier alpha value is -1.43. The fourth-order valence-electron chi connectivity index (χ4n) is 5.46. The van der Waals surface area contributed by atoms with Crippen molar-refractivity contribution in [1.82, 2.24) is 0 Å². The molecule has 3 atom stereocenters. The van der Waals surface area contributed by atoms with E-state index >= 15 is 0 Å². The topological polar surface area (TPSA) is 54.0 Å². The van der Waals surface area contributed by atoms with Gasteiger partial charge in [0, 0.05) is 30.8 Å². The zero-order valence-electron chi connectivity index (χ0n) is 16.8. The molecule has 2 bridgehead atoms. The number of carbonyl (C=O) groups excluding carboxylic acids is 1. The van der Waals surface area contributed by atoms with Gasteiger partial charge in [-0.25, -0.2) is 0 Å². The quantitative estimate of drug-likeness (QED) is 0.552. The molecule has 4 rings (SSSR count). The van der Waals surface area contributed by atoms with E-state index < -0.39 is 5.79 Å². The first-order valence-corrected chi connectivity index (χ1v) is 10.1. The summed E-state index contributed by atoms with van der Waals surface area (Å²) in [5.74, 6) is 0.521. The highest BCUT2D eigenvalue weighted by Gasteiger charge is 2.65. The summed E-state index contributed by atoms with van der Waals surface area (Å²) < 4.78 is 23.6. The van der Waals surface area contributed by atoms with Crippen LogP contribution in [-0.2, 0) is 19.6 Å².